The number of pyridine rings is 1. The van der Waals surface area contributed by atoms with E-state index in [0.29, 0.717) is 6.61 Å². The van der Waals surface area contributed by atoms with Gasteiger partial charge in [0.1, 0.15) is 12.7 Å². The normalized spacial score (nSPS) is 14.8. The lowest BCUT2D eigenvalue weighted by atomic mass is 10.0. The van der Waals surface area contributed by atoms with Crippen LogP contribution in [0.5, 0.6) is 0 Å². The monoisotopic (exact) mass is 565 g/mol. The highest BCUT2D eigenvalue weighted by molar-refractivity contribution is 5.65. The van der Waals surface area contributed by atoms with Crippen molar-refractivity contribution in [3.05, 3.63) is 71.6 Å². The zero-order chi connectivity index (χ0) is 29.0. The van der Waals surface area contributed by atoms with Gasteiger partial charge in [-0.1, -0.05) is 94.7 Å². The first kappa shape index (κ1) is 33.5. The highest BCUT2D eigenvalue weighted by Gasteiger charge is 2.28. The summed E-state index contributed by atoms with van der Waals surface area (Å²) < 4.78 is 20.5. The molecular formula is C36H57N2O3+. The Labute approximate surface area is 250 Å². The number of fused-ring (bicyclic) bond motifs is 1. The molecule has 3 rings (SSSR count). The molecule has 1 unspecified atom stereocenters. The van der Waals surface area contributed by atoms with E-state index >= 15 is 0 Å². The van der Waals surface area contributed by atoms with E-state index in [2.05, 4.69) is 85.5 Å². The Hall–Kier alpha value is -2.05. The molecule has 228 valence electrons. The van der Waals surface area contributed by atoms with Crippen LogP contribution in [0.25, 0.3) is 6.08 Å². The molecule has 5 heteroatoms. The van der Waals surface area contributed by atoms with Crippen LogP contribution in [0.4, 0.5) is 0 Å². The van der Waals surface area contributed by atoms with Crippen LogP contribution in [-0.2, 0) is 20.8 Å². The van der Waals surface area contributed by atoms with Crippen molar-refractivity contribution in [1.82, 2.24) is 5.32 Å². The first-order chi connectivity index (χ1) is 20.2. The molecule has 0 spiro atoms. The van der Waals surface area contributed by atoms with Gasteiger partial charge in [0.25, 0.3) is 0 Å². The lowest BCUT2D eigenvalue weighted by Gasteiger charge is -2.32. The molecule has 1 aliphatic carbocycles. The topological polar surface area (TPSA) is 43.6 Å². The zero-order valence-electron chi connectivity index (χ0n) is 26.3. The van der Waals surface area contributed by atoms with E-state index < -0.39 is 0 Å². The van der Waals surface area contributed by atoms with Gasteiger partial charge in [0.2, 0.25) is 0 Å². The summed E-state index contributed by atoms with van der Waals surface area (Å²) in [7, 11) is 0. The number of aromatic nitrogens is 1. The number of hydrogen-bond acceptors (Lipinski definition) is 4. The minimum Gasteiger partial charge on any atom is -0.362 e. The predicted octanol–water partition coefficient (Wildman–Crippen LogP) is 8.19. The second-order valence-corrected chi connectivity index (χ2v) is 11.3. The van der Waals surface area contributed by atoms with Crippen LogP contribution in [-0.4, -0.2) is 38.7 Å². The van der Waals surface area contributed by atoms with Gasteiger partial charge < -0.3 is 19.5 Å². The number of unbranched alkanes of at least 4 members (excludes halogenated alkanes) is 9. The summed E-state index contributed by atoms with van der Waals surface area (Å²) >= 11 is 0. The Kier molecular flexibility index (Phi) is 16.3. The van der Waals surface area contributed by atoms with Gasteiger partial charge in [0.15, 0.2) is 24.7 Å². The van der Waals surface area contributed by atoms with Gasteiger partial charge in [-0.25, -0.2) is 4.57 Å². The molecule has 1 aromatic carbocycles. The Bertz CT molecular complexity index is 972. The number of benzene rings is 1. The third-order valence-electron chi connectivity index (χ3n) is 8.21. The molecule has 0 fully saturated rings. The van der Waals surface area contributed by atoms with Gasteiger partial charge in [-0.05, 0) is 56.4 Å². The second kappa shape index (κ2) is 20.0. The van der Waals surface area contributed by atoms with Gasteiger partial charge in [-0.3, -0.25) is 0 Å². The van der Waals surface area contributed by atoms with E-state index in [-0.39, 0.29) is 11.9 Å². The van der Waals surface area contributed by atoms with Gasteiger partial charge in [-0.2, -0.15) is 0 Å². The van der Waals surface area contributed by atoms with Crippen LogP contribution in [0.3, 0.4) is 0 Å². The quantitative estimate of drug-likeness (QED) is 0.0792. The van der Waals surface area contributed by atoms with Crippen molar-refractivity contribution in [3.8, 4) is 0 Å². The fourth-order valence-corrected chi connectivity index (χ4v) is 5.94. The standard InChI is InChI=1S/C36H57N2O3/c1-4-36(40-5-2,41-6-3)24-18-13-11-9-7-8-10-12-14-19-25-37-31-33-30-32-22-16-17-23-34(32)35(33)39-29-28-38-26-20-15-21-27-38/h15-17,20-23,26-27,30,35,37H,4-14,18-19,24-25,28-29,31H2,1-3H3/q+1. The van der Waals surface area contributed by atoms with E-state index in [1.165, 1.54) is 80.9 Å². The minimum absolute atomic E-state index is 0.0616. The van der Waals surface area contributed by atoms with E-state index in [0.717, 1.165) is 45.7 Å². The molecule has 5 nitrogen and oxygen atoms in total. The van der Waals surface area contributed by atoms with Crippen LogP contribution in [0.2, 0.25) is 0 Å². The molecular weight excluding hydrogens is 508 g/mol. The summed E-state index contributed by atoms with van der Waals surface area (Å²) in [6.07, 6.45) is 21.7. The first-order valence-corrected chi connectivity index (χ1v) is 16.5. The third-order valence-corrected chi connectivity index (χ3v) is 8.21. The molecule has 0 amide bonds. The summed E-state index contributed by atoms with van der Waals surface area (Å²) in [4.78, 5) is 0. The van der Waals surface area contributed by atoms with E-state index in [4.69, 9.17) is 14.2 Å². The summed E-state index contributed by atoms with van der Waals surface area (Å²) in [5.74, 6) is -0.353. The molecule has 1 heterocycles. The van der Waals surface area contributed by atoms with E-state index in [9.17, 15) is 0 Å². The van der Waals surface area contributed by atoms with Gasteiger partial charge in [0, 0.05) is 38.3 Å². The average molecular weight is 566 g/mol. The fourth-order valence-electron chi connectivity index (χ4n) is 5.94. The highest BCUT2D eigenvalue weighted by atomic mass is 16.7. The summed E-state index contributed by atoms with van der Waals surface area (Å²) in [6, 6.07) is 14.8. The Balaban J connectivity index is 1.20. The van der Waals surface area contributed by atoms with Crippen molar-refractivity contribution in [2.24, 2.45) is 0 Å². The van der Waals surface area contributed by atoms with Gasteiger partial charge in [0.05, 0.1) is 0 Å². The number of nitrogens with zero attached hydrogens (tertiary/aromatic N) is 1. The largest absolute Gasteiger partial charge is 0.362 e. The van der Waals surface area contributed by atoms with E-state index in [1.54, 1.807) is 0 Å². The molecule has 41 heavy (non-hydrogen) atoms. The fraction of sp³-hybridized carbons (Fsp3) is 0.639. The average Bonchev–Trinajstić information content (AvgIpc) is 3.35. The molecule has 1 atom stereocenters. The smallest absolute Gasteiger partial charge is 0.171 e. The molecule has 0 radical (unpaired) electrons. The van der Waals surface area contributed by atoms with Crippen LogP contribution in [0.1, 0.15) is 115 Å². The maximum Gasteiger partial charge on any atom is 0.171 e. The van der Waals surface area contributed by atoms with Crippen molar-refractivity contribution in [2.75, 3.05) is 32.9 Å². The van der Waals surface area contributed by atoms with Crippen molar-refractivity contribution >= 4 is 6.08 Å². The van der Waals surface area contributed by atoms with Gasteiger partial charge in [-0.15, -0.1) is 0 Å². The molecule has 1 aliphatic rings. The van der Waals surface area contributed by atoms with Crippen LogP contribution in [0, 0.1) is 0 Å². The lowest BCUT2D eigenvalue weighted by Crippen LogP contribution is -2.35. The molecule has 0 saturated heterocycles. The van der Waals surface area contributed by atoms with E-state index in [1.807, 2.05) is 6.07 Å². The van der Waals surface area contributed by atoms with Crippen LogP contribution < -0.4 is 9.88 Å². The van der Waals surface area contributed by atoms with Crippen molar-refractivity contribution < 1.29 is 18.8 Å². The third kappa shape index (κ3) is 12.0. The number of rotatable bonds is 24. The van der Waals surface area contributed by atoms with Crippen LogP contribution in [0.15, 0.2) is 60.4 Å². The number of nitrogens with one attached hydrogen (secondary N) is 1. The molecule has 0 saturated carbocycles. The minimum atomic E-state index is -0.353. The Morgan fingerprint density at radius 2 is 1.39 bits per heavy atom. The van der Waals surface area contributed by atoms with Gasteiger partial charge >= 0.3 is 0 Å². The second-order valence-electron chi connectivity index (χ2n) is 11.3. The molecule has 1 N–H and O–H groups in total. The maximum atomic E-state index is 6.41. The van der Waals surface area contributed by atoms with Crippen molar-refractivity contribution in [1.29, 1.82) is 0 Å². The zero-order valence-corrected chi connectivity index (χ0v) is 26.3. The molecule has 1 aromatic heterocycles. The maximum absolute atomic E-state index is 6.41. The lowest BCUT2D eigenvalue weighted by molar-refractivity contribution is -0.698. The number of hydrogen-bond donors (Lipinski definition) is 1. The summed E-state index contributed by atoms with van der Waals surface area (Å²) in [5, 5.41) is 3.69. The SMILES string of the molecule is CCOC(CC)(CCCCCCCCCCCCNCC1=Cc2ccccc2C1OCC[n+]1ccccc1)OCC. The Morgan fingerprint density at radius 1 is 0.756 bits per heavy atom. The molecule has 0 aliphatic heterocycles. The summed E-state index contributed by atoms with van der Waals surface area (Å²) in [6.45, 7) is 11.3. The predicted molar refractivity (Wildman–Crippen MR) is 170 cm³/mol. The molecule has 2 aromatic rings. The first-order valence-electron chi connectivity index (χ1n) is 16.5. The summed E-state index contributed by atoms with van der Waals surface area (Å²) in [5.41, 5.74) is 3.94. The van der Waals surface area contributed by atoms with Crippen LogP contribution >= 0.6 is 0 Å². The highest BCUT2D eigenvalue weighted by Crippen LogP contribution is 2.36. The number of ether oxygens (including phenoxy) is 3. The Morgan fingerprint density at radius 3 is 2.05 bits per heavy atom. The van der Waals surface area contributed by atoms with Crippen molar-refractivity contribution in [2.45, 2.75) is 116 Å². The molecule has 0 bridgehead atoms. The van der Waals surface area contributed by atoms with Crippen molar-refractivity contribution in [3.63, 3.8) is 0 Å².